The Morgan fingerprint density at radius 2 is 1.81 bits per heavy atom. The summed E-state index contributed by atoms with van der Waals surface area (Å²) in [4.78, 5) is 24.0. The number of nitrogens with one attached hydrogen (secondary N) is 1. The molecule has 0 bridgehead atoms. The first-order valence-electron chi connectivity index (χ1n) is 10.4. The third-order valence-electron chi connectivity index (χ3n) is 4.82. The minimum absolute atomic E-state index is 0.216. The van der Waals surface area contributed by atoms with Crippen molar-refractivity contribution in [2.24, 2.45) is 10.2 Å². The van der Waals surface area contributed by atoms with Gasteiger partial charge in [0, 0.05) is 31.0 Å². The van der Waals surface area contributed by atoms with Gasteiger partial charge in [0.25, 0.3) is 5.95 Å². The van der Waals surface area contributed by atoms with E-state index in [-0.39, 0.29) is 17.2 Å². The van der Waals surface area contributed by atoms with E-state index in [0.29, 0.717) is 23.9 Å². The molecule has 0 fully saturated rings. The second kappa shape index (κ2) is 9.55. The number of aromatic amines is 1. The fourth-order valence-corrected chi connectivity index (χ4v) is 3.17. The number of rotatable bonds is 8. The number of hydrogen-bond acceptors (Lipinski definition) is 7. The summed E-state index contributed by atoms with van der Waals surface area (Å²) in [6.45, 7) is 8.15. The topological polar surface area (TPSA) is 101 Å². The molecule has 1 aromatic carbocycles. The predicted octanol–water partition coefficient (Wildman–Crippen LogP) is 4.41. The highest BCUT2D eigenvalue weighted by molar-refractivity contribution is 5.52. The highest BCUT2D eigenvalue weighted by Gasteiger charge is 2.18. The van der Waals surface area contributed by atoms with Gasteiger partial charge in [-0.25, -0.2) is 4.98 Å². The standard InChI is InChI=1S/C22H29N7O2/c1-7-9-18-14(3)23-22(24-20(18)31-8-2)29-21(30)19(15(4)27-29)26-25-16-10-12-17(13-11-16)28(5)6/h10-13,27H,7-9H2,1-6H3. The number of aromatic nitrogens is 4. The Bertz CT molecular complexity index is 1130. The molecular weight excluding hydrogens is 394 g/mol. The second-order valence-electron chi connectivity index (χ2n) is 7.41. The van der Waals surface area contributed by atoms with Crippen molar-refractivity contribution in [2.75, 3.05) is 25.6 Å². The minimum atomic E-state index is -0.365. The Morgan fingerprint density at radius 3 is 2.42 bits per heavy atom. The van der Waals surface area contributed by atoms with Gasteiger partial charge in [-0.15, -0.1) is 5.11 Å². The van der Waals surface area contributed by atoms with Gasteiger partial charge >= 0.3 is 5.56 Å². The molecule has 0 aliphatic carbocycles. The number of nitrogens with zero attached hydrogens (tertiary/aromatic N) is 6. The van der Waals surface area contributed by atoms with E-state index in [1.165, 1.54) is 4.68 Å². The van der Waals surface area contributed by atoms with Gasteiger partial charge in [-0.1, -0.05) is 13.3 Å². The van der Waals surface area contributed by atoms with Gasteiger partial charge in [0.05, 0.1) is 18.0 Å². The van der Waals surface area contributed by atoms with E-state index in [0.717, 1.165) is 29.8 Å². The van der Waals surface area contributed by atoms with E-state index in [9.17, 15) is 4.79 Å². The molecule has 9 nitrogen and oxygen atoms in total. The van der Waals surface area contributed by atoms with Crippen LogP contribution in [-0.4, -0.2) is 40.5 Å². The smallest absolute Gasteiger partial charge is 0.301 e. The molecule has 1 N–H and O–H groups in total. The fraction of sp³-hybridized carbons (Fsp3) is 0.409. The van der Waals surface area contributed by atoms with Crippen molar-refractivity contribution in [2.45, 2.75) is 40.5 Å². The molecule has 9 heteroatoms. The Morgan fingerprint density at radius 1 is 1.10 bits per heavy atom. The van der Waals surface area contributed by atoms with Crippen molar-refractivity contribution in [1.82, 2.24) is 19.7 Å². The van der Waals surface area contributed by atoms with Crippen LogP contribution < -0.4 is 15.2 Å². The Hall–Kier alpha value is -3.49. The molecule has 0 spiro atoms. The lowest BCUT2D eigenvalue weighted by atomic mass is 10.1. The van der Waals surface area contributed by atoms with Crippen molar-refractivity contribution < 1.29 is 4.74 Å². The van der Waals surface area contributed by atoms with Crippen molar-refractivity contribution >= 4 is 17.1 Å². The first-order chi connectivity index (χ1) is 14.8. The van der Waals surface area contributed by atoms with Crippen LogP contribution in [0.1, 0.15) is 37.2 Å². The average Bonchev–Trinajstić information content (AvgIpc) is 3.02. The van der Waals surface area contributed by atoms with Gasteiger partial charge in [-0.05, 0) is 51.5 Å². The summed E-state index contributed by atoms with van der Waals surface area (Å²) < 4.78 is 7.00. The zero-order valence-electron chi connectivity index (χ0n) is 18.9. The number of H-pyrrole nitrogens is 1. The van der Waals surface area contributed by atoms with Crippen molar-refractivity contribution in [1.29, 1.82) is 0 Å². The first kappa shape index (κ1) is 22.2. The molecule has 0 unspecified atom stereocenters. The molecule has 164 valence electrons. The van der Waals surface area contributed by atoms with Gasteiger partial charge in [0.15, 0.2) is 5.69 Å². The van der Waals surface area contributed by atoms with E-state index >= 15 is 0 Å². The maximum absolute atomic E-state index is 13.0. The van der Waals surface area contributed by atoms with Gasteiger partial charge < -0.3 is 9.64 Å². The van der Waals surface area contributed by atoms with Gasteiger partial charge in [0.2, 0.25) is 5.88 Å². The average molecular weight is 424 g/mol. The molecule has 0 radical (unpaired) electrons. The molecule has 2 aromatic heterocycles. The lowest BCUT2D eigenvalue weighted by Gasteiger charge is -2.12. The largest absolute Gasteiger partial charge is 0.478 e. The second-order valence-corrected chi connectivity index (χ2v) is 7.41. The zero-order chi connectivity index (χ0) is 22.5. The monoisotopic (exact) mass is 423 g/mol. The van der Waals surface area contributed by atoms with Crippen molar-refractivity contribution in [3.8, 4) is 11.8 Å². The van der Waals surface area contributed by atoms with E-state index in [4.69, 9.17) is 4.74 Å². The molecule has 0 amide bonds. The Balaban J connectivity index is 1.97. The van der Waals surface area contributed by atoms with Crippen LogP contribution in [0.2, 0.25) is 0 Å². The number of hydrogen-bond donors (Lipinski definition) is 1. The fourth-order valence-electron chi connectivity index (χ4n) is 3.17. The molecule has 0 saturated heterocycles. The summed E-state index contributed by atoms with van der Waals surface area (Å²) in [7, 11) is 3.94. The summed E-state index contributed by atoms with van der Waals surface area (Å²) in [5, 5.41) is 11.4. The number of aryl methyl sites for hydroxylation is 2. The summed E-state index contributed by atoms with van der Waals surface area (Å²) in [6, 6.07) is 7.60. The lowest BCUT2D eigenvalue weighted by Crippen LogP contribution is -2.19. The Kier molecular flexibility index (Phi) is 6.84. The SMILES string of the molecule is CCCc1c(C)nc(-n2[nH]c(C)c(N=Nc3ccc(N(C)C)cc3)c2=O)nc1OCC. The van der Waals surface area contributed by atoms with Crippen LogP contribution in [0.25, 0.3) is 5.95 Å². The van der Waals surface area contributed by atoms with Gasteiger partial charge in [0.1, 0.15) is 0 Å². The summed E-state index contributed by atoms with van der Waals surface area (Å²) in [5.41, 5.74) is 3.90. The normalized spacial score (nSPS) is 11.3. The van der Waals surface area contributed by atoms with Crippen LogP contribution in [0.3, 0.4) is 0 Å². The maximum Gasteiger partial charge on any atom is 0.301 e. The summed E-state index contributed by atoms with van der Waals surface area (Å²) in [5.74, 6) is 0.737. The van der Waals surface area contributed by atoms with Crippen LogP contribution in [-0.2, 0) is 6.42 Å². The molecule has 0 atom stereocenters. The van der Waals surface area contributed by atoms with E-state index in [1.807, 2.05) is 57.1 Å². The van der Waals surface area contributed by atoms with Crippen LogP contribution in [0.4, 0.5) is 17.1 Å². The zero-order valence-corrected chi connectivity index (χ0v) is 18.9. The van der Waals surface area contributed by atoms with Gasteiger partial charge in [-0.2, -0.15) is 14.8 Å². The minimum Gasteiger partial charge on any atom is -0.478 e. The Labute approximate surface area is 181 Å². The quantitative estimate of drug-likeness (QED) is 0.541. The summed E-state index contributed by atoms with van der Waals surface area (Å²) >= 11 is 0. The van der Waals surface area contributed by atoms with Crippen molar-refractivity contribution in [3.05, 3.63) is 51.6 Å². The van der Waals surface area contributed by atoms with Crippen LogP contribution in [0.5, 0.6) is 5.88 Å². The molecule has 3 aromatic rings. The van der Waals surface area contributed by atoms with Crippen molar-refractivity contribution in [3.63, 3.8) is 0 Å². The molecule has 2 heterocycles. The number of azo groups is 1. The lowest BCUT2D eigenvalue weighted by molar-refractivity contribution is 0.320. The molecule has 3 rings (SSSR count). The molecule has 0 saturated carbocycles. The van der Waals surface area contributed by atoms with Crippen LogP contribution in [0.15, 0.2) is 39.3 Å². The number of anilines is 1. The first-order valence-corrected chi connectivity index (χ1v) is 10.4. The van der Waals surface area contributed by atoms with E-state index in [1.54, 1.807) is 6.92 Å². The predicted molar refractivity (Wildman–Crippen MR) is 122 cm³/mol. The summed E-state index contributed by atoms with van der Waals surface area (Å²) in [6.07, 6.45) is 1.76. The molecule has 0 aliphatic rings. The number of benzene rings is 1. The van der Waals surface area contributed by atoms with Crippen LogP contribution >= 0.6 is 0 Å². The molecular formula is C22H29N7O2. The van der Waals surface area contributed by atoms with Gasteiger partial charge in [-0.3, -0.25) is 9.89 Å². The highest BCUT2D eigenvalue weighted by Crippen LogP contribution is 2.24. The third-order valence-corrected chi connectivity index (χ3v) is 4.82. The molecule has 0 aliphatic heterocycles. The molecule has 31 heavy (non-hydrogen) atoms. The third kappa shape index (κ3) is 4.82. The highest BCUT2D eigenvalue weighted by atomic mass is 16.5. The van der Waals surface area contributed by atoms with E-state index < -0.39 is 0 Å². The maximum atomic E-state index is 13.0. The number of ether oxygens (including phenoxy) is 1. The van der Waals surface area contributed by atoms with Crippen LogP contribution in [0, 0.1) is 13.8 Å². The van der Waals surface area contributed by atoms with E-state index in [2.05, 4.69) is 32.2 Å².